The molecule has 0 radical (unpaired) electrons. The Kier molecular flexibility index (Phi) is 3.23. The summed E-state index contributed by atoms with van der Waals surface area (Å²) in [4.78, 5) is 22.3. The van der Waals surface area contributed by atoms with Gasteiger partial charge in [-0.15, -0.1) is 0 Å². The molecule has 1 aromatic carbocycles. The SMILES string of the molecule is COC(=O)c1nn(-c2cccc(C)c2)cc1C=O. The average molecular weight is 244 g/mol. The van der Waals surface area contributed by atoms with Crippen LogP contribution in [0.15, 0.2) is 30.5 Å². The number of aromatic nitrogens is 2. The first-order valence-corrected chi connectivity index (χ1v) is 5.36. The predicted molar refractivity (Wildman–Crippen MR) is 65.0 cm³/mol. The summed E-state index contributed by atoms with van der Waals surface area (Å²) in [5.74, 6) is -0.622. The van der Waals surface area contributed by atoms with Crippen molar-refractivity contribution in [3.63, 3.8) is 0 Å². The van der Waals surface area contributed by atoms with Crippen molar-refractivity contribution < 1.29 is 14.3 Å². The van der Waals surface area contributed by atoms with E-state index in [0.29, 0.717) is 6.29 Å². The lowest BCUT2D eigenvalue weighted by atomic mass is 10.2. The minimum absolute atomic E-state index is 0.0222. The van der Waals surface area contributed by atoms with Gasteiger partial charge in [0.15, 0.2) is 12.0 Å². The van der Waals surface area contributed by atoms with E-state index in [0.717, 1.165) is 11.3 Å². The Morgan fingerprint density at radius 3 is 2.83 bits per heavy atom. The first-order chi connectivity index (χ1) is 8.65. The molecule has 0 atom stereocenters. The first kappa shape index (κ1) is 12.0. The molecule has 0 amide bonds. The van der Waals surface area contributed by atoms with Crippen molar-refractivity contribution in [3.8, 4) is 5.69 Å². The van der Waals surface area contributed by atoms with E-state index in [1.54, 1.807) is 0 Å². The molecule has 0 unspecified atom stereocenters. The van der Waals surface area contributed by atoms with E-state index < -0.39 is 5.97 Å². The van der Waals surface area contributed by atoms with Crippen molar-refractivity contribution in [1.82, 2.24) is 9.78 Å². The number of ether oxygens (including phenoxy) is 1. The van der Waals surface area contributed by atoms with Crippen LogP contribution in [0.3, 0.4) is 0 Å². The van der Waals surface area contributed by atoms with Gasteiger partial charge >= 0.3 is 5.97 Å². The van der Waals surface area contributed by atoms with Gasteiger partial charge in [0.2, 0.25) is 0 Å². The fraction of sp³-hybridized carbons (Fsp3) is 0.154. The Bertz CT molecular complexity index is 602. The van der Waals surface area contributed by atoms with Crippen LogP contribution in [0.5, 0.6) is 0 Å². The molecule has 0 saturated carbocycles. The average Bonchev–Trinajstić information content (AvgIpc) is 2.82. The van der Waals surface area contributed by atoms with Crippen LogP contribution in [0.2, 0.25) is 0 Å². The van der Waals surface area contributed by atoms with Crippen molar-refractivity contribution in [2.24, 2.45) is 0 Å². The molecule has 0 aliphatic carbocycles. The lowest BCUT2D eigenvalue weighted by Crippen LogP contribution is -2.06. The molecule has 1 aromatic heterocycles. The Balaban J connectivity index is 2.50. The third kappa shape index (κ3) is 2.15. The van der Waals surface area contributed by atoms with Crippen LogP contribution in [-0.4, -0.2) is 29.1 Å². The summed E-state index contributed by atoms with van der Waals surface area (Å²) in [7, 11) is 1.25. The normalized spacial score (nSPS) is 10.1. The minimum atomic E-state index is -0.622. The van der Waals surface area contributed by atoms with Gasteiger partial charge in [-0.1, -0.05) is 12.1 Å². The fourth-order valence-electron chi connectivity index (χ4n) is 1.63. The molecule has 0 spiro atoms. The van der Waals surface area contributed by atoms with Gasteiger partial charge in [-0.05, 0) is 24.6 Å². The van der Waals surface area contributed by atoms with Crippen molar-refractivity contribution >= 4 is 12.3 Å². The zero-order valence-corrected chi connectivity index (χ0v) is 10.1. The topological polar surface area (TPSA) is 61.2 Å². The van der Waals surface area contributed by atoms with Crippen LogP contribution in [-0.2, 0) is 4.74 Å². The molecular weight excluding hydrogens is 232 g/mol. The summed E-state index contributed by atoms with van der Waals surface area (Å²) < 4.78 is 6.07. The number of rotatable bonds is 3. The standard InChI is InChI=1S/C13H12N2O3/c1-9-4-3-5-11(6-9)15-7-10(8-16)12(14-15)13(17)18-2/h3-8H,1-2H3. The zero-order valence-electron chi connectivity index (χ0n) is 10.1. The first-order valence-electron chi connectivity index (χ1n) is 5.36. The number of aldehydes is 1. The maximum atomic E-state index is 11.4. The molecule has 0 fully saturated rings. The monoisotopic (exact) mass is 244 g/mol. The van der Waals surface area contributed by atoms with E-state index in [2.05, 4.69) is 9.84 Å². The van der Waals surface area contributed by atoms with E-state index >= 15 is 0 Å². The molecule has 2 rings (SSSR count). The Morgan fingerprint density at radius 2 is 2.22 bits per heavy atom. The van der Waals surface area contributed by atoms with Crippen LogP contribution < -0.4 is 0 Å². The van der Waals surface area contributed by atoms with Crippen LogP contribution in [0.1, 0.15) is 26.4 Å². The lowest BCUT2D eigenvalue weighted by molar-refractivity contribution is 0.0591. The minimum Gasteiger partial charge on any atom is -0.464 e. The molecule has 0 aliphatic heterocycles. The van der Waals surface area contributed by atoms with Gasteiger partial charge in [-0.25, -0.2) is 9.48 Å². The molecule has 0 bridgehead atoms. The van der Waals surface area contributed by atoms with Gasteiger partial charge < -0.3 is 4.74 Å². The number of methoxy groups -OCH3 is 1. The quantitative estimate of drug-likeness (QED) is 0.610. The predicted octanol–water partition coefficient (Wildman–Crippen LogP) is 1.78. The summed E-state index contributed by atoms with van der Waals surface area (Å²) in [6.45, 7) is 1.95. The highest BCUT2D eigenvalue weighted by Gasteiger charge is 2.17. The smallest absolute Gasteiger partial charge is 0.359 e. The van der Waals surface area contributed by atoms with Gasteiger partial charge in [-0.2, -0.15) is 5.10 Å². The lowest BCUT2D eigenvalue weighted by Gasteiger charge is -2.01. The summed E-state index contributed by atoms with van der Waals surface area (Å²) in [5, 5.41) is 4.07. The largest absolute Gasteiger partial charge is 0.464 e. The molecule has 1 heterocycles. The fourth-order valence-corrected chi connectivity index (χ4v) is 1.63. The molecule has 5 nitrogen and oxygen atoms in total. The molecule has 0 saturated heterocycles. The molecule has 0 N–H and O–H groups in total. The van der Waals surface area contributed by atoms with E-state index in [9.17, 15) is 9.59 Å². The van der Waals surface area contributed by atoms with Crippen molar-refractivity contribution in [2.75, 3.05) is 7.11 Å². The molecule has 92 valence electrons. The Morgan fingerprint density at radius 1 is 1.44 bits per heavy atom. The second-order valence-corrected chi connectivity index (χ2v) is 3.83. The second-order valence-electron chi connectivity index (χ2n) is 3.83. The number of carbonyl (C=O) groups excluding carboxylic acids is 2. The summed E-state index contributed by atoms with van der Waals surface area (Å²) in [6.07, 6.45) is 2.10. The van der Waals surface area contributed by atoms with Crippen molar-refractivity contribution in [3.05, 3.63) is 47.3 Å². The van der Waals surface area contributed by atoms with Crippen LogP contribution in [0, 0.1) is 6.92 Å². The summed E-state index contributed by atoms with van der Waals surface area (Å²) in [6, 6.07) is 7.58. The number of hydrogen-bond acceptors (Lipinski definition) is 4. The second kappa shape index (κ2) is 4.83. The zero-order chi connectivity index (χ0) is 13.1. The summed E-state index contributed by atoms with van der Waals surface area (Å²) >= 11 is 0. The Labute approximate surface area is 104 Å². The van der Waals surface area contributed by atoms with E-state index in [1.807, 2.05) is 31.2 Å². The van der Waals surface area contributed by atoms with Gasteiger partial charge in [0.25, 0.3) is 0 Å². The number of benzene rings is 1. The molecule has 2 aromatic rings. The van der Waals surface area contributed by atoms with Gasteiger partial charge in [0.05, 0.1) is 18.4 Å². The van der Waals surface area contributed by atoms with Crippen LogP contribution in [0.25, 0.3) is 5.69 Å². The highest BCUT2D eigenvalue weighted by Crippen LogP contribution is 2.13. The molecule has 0 aliphatic rings. The molecule has 18 heavy (non-hydrogen) atoms. The third-order valence-corrected chi connectivity index (χ3v) is 2.51. The van der Waals surface area contributed by atoms with Gasteiger partial charge in [0, 0.05) is 6.20 Å². The van der Waals surface area contributed by atoms with Gasteiger partial charge in [0.1, 0.15) is 0 Å². The molecule has 5 heteroatoms. The maximum Gasteiger partial charge on any atom is 0.359 e. The number of aryl methyl sites for hydroxylation is 1. The maximum absolute atomic E-state index is 11.4. The number of carbonyl (C=O) groups is 2. The summed E-state index contributed by atoms with van der Waals surface area (Å²) in [5.41, 5.74) is 2.08. The Hall–Kier alpha value is -2.43. The van der Waals surface area contributed by atoms with E-state index in [1.165, 1.54) is 18.0 Å². The number of hydrogen-bond donors (Lipinski definition) is 0. The van der Waals surface area contributed by atoms with E-state index in [-0.39, 0.29) is 11.3 Å². The van der Waals surface area contributed by atoms with E-state index in [4.69, 9.17) is 0 Å². The van der Waals surface area contributed by atoms with Crippen molar-refractivity contribution in [1.29, 1.82) is 0 Å². The number of nitrogens with zero attached hydrogens (tertiary/aromatic N) is 2. The van der Waals surface area contributed by atoms with Crippen LogP contribution >= 0.6 is 0 Å². The highest BCUT2D eigenvalue weighted by molar-refractivity contribution is 5.96. The highest BCUT2D eigenvalue weighted by atomic mass is 16.5. The van der Waals surface area contributed by atoms with Crippen molar-refractivity contribution in [2.45, 2.75) is 6.92 Å². The third-order valence-electron chi connectivity index (χ3n) is 2.51. The van der Waals surface area contributed by atoms with Crippen LogP contribution in [0.4, 0.5) is 0 Å². The molecular formula is C13H12N2O3. The number of esters is 1. The van der Waals surface area contributed by atoms with Gasteiger partial charge in [-0.3, -0.25) is 4.79 Å².